The van der Waals surface area contributed by atoms with Gasteiger partial charge in [0.1, 0.15) is 22.5 Å². The van der Waals surface area contributed by atoms with Crippen LogP contribution in [0.5, 0.6) is 0 Å². The predicted octanol–water partition coefficient (Wildman–Crippen LogP) is 15.6. The lowest BCUT2D eigenvalue weighted by Crippen LogP contribution is -1.92. The second-order valence-electron chi connectivity index (χ2n) is 14.7. The highest BCUT2D eigenvalue weighted by Crippen LogP contribution is 2.50. The van der Waals surface area contributed by atoms with E-state index in [-0.39, 0.29) is 0 Å². The van der Waals surface area contributed by atoms with E-state index in [2.05, 4.69) is 188 Å². The second kappa shape index (κ2) is 12.0. The smallest absolute Gasteiger partial charge is 0.143 e. The first-order valence-electron chi connectivity index (χ1n) is 19.2. The molecule has 0 amide bonds. The van der Waals surface area contributed by atoms with E-state index < -0.39 is 0 Å². The fraction of sp³-hybridized carbons (Fsp3) is 0. The summed E-state index contributed by atoms with van der Waals surface area (Å²) >= 11 is 0. The highest BCUT2D eigenvalue weighted by atomic mass is 16.3. The molecule has 0 fully saturated rings. The lowest BCUT2D eigenvalue weighted by molar-refractivity contribution is 0.632. The van der Waals surface area contributed by atoms with Crippen LogP contribution in [0.15, 0.2) is 203 Å². The summed E-state index contributed by atoms with van der Waals surface area (Å²) in [7, 11) is 0. The Bertz CT molecular complexity index is 3460. The van der Waals surface area contributed by atoms with Crippen molar-refractivity contribution >= 4 is 76.0 Å². The number of hydrogen-bond acceptors (Lipinski definition) is 2. The molecule has 12 rings (SSSR count). The van der Waals surface area contributed by atoms with Crippen LogP contribution in [0.1, 0.15) is 0 Å². The first-order valence-corrected chi connectivity index (χ1v) is 19.2. The summed E-state index contributed by atoms with van der Waals surface area (Å²) in [6.45, 7) is 0. The van der Waals surface area contributed by atoms with Crippen LogP contribution in [0.25, 0.3) is 121 Å². The number of rotatable bonds is 4. The highest BCUT2D eigenvalue weighted by molar-refractivity contribution is 6.28. The van der Waals surface area contributed by atoms with Gasteiger partial charge in [0.25, 0.3) is 0 Å². The van der Waals surface area contributed by atoms with Gasteiger partial charge in [0.2, 0.25) is 0 Å². The maximum absolute atomic E-state index is 6.84. The number of benzene rings is 10. The molecule has 0 saturated carbocycles. The van der Waals surface area contributed by atoms with Gasteiger partial charge in [0, 0.05) is 27.3 Å². The average molecular weight is 713 g/mol. The molecule has 56 heavy (non-hydrogen) atoms. The van der Waals surface area contributed by atoms with Gasteiger partial charge in [-0.2, -0.15) is 0 Å². The van der Waals surface area contributed by atoms with Crippen molar-refractivity contribution in [1.82, 2.24) is 0 Å². The Morgan fingerprint density at radius 1 is 0.268 bits per heavy atom. The van der Waals surface area contributed by atoms with E-state index >= 15 is 0 Å². The Kier molecular flexibility index (Phi) is 6.66. The van der Waals surface area contributed by atoms with Crippen molar-refractivity contribution < 1.29 is 8.83 Å². The summed E-state index contributed by atoms with van der Waals surface area (Å²) < 4.78 is 13.6. The largest absolute Gasteiger partial charge is 0.456 e. The zero-order chi connectivity index (χ0) is 36.7. The van der Waals surface area contributed by atoms with E-state index in [0.717, 1.165) is 60.9 Å². The molecule has 0 aliphatic carbocycles. The first kappa shape index (κ1) is 31.0. The summed E-state index contributed by atoms with van der Waals surface area (Å²) in [6, 6.07) is 69.5. The minimum absolute atomic E-state index is 0.834. The van der Waals surface area contributed by atoms with E-state index in [1.54, 1.807) is 0 Å². The van der Waals surface area contributed by atoms with Gasteiger partial charge in [-0.15, -0.1) is 0 Å². The fourth-order valence-corrected chi connectivity index (χ4v) is 9.28. The maximum atomic E-state index is 6.84. The van der Waals surface area contributed by atoms with E-state index in [0.29, 0.717) is 0 Å². The van der Waals surface area contributed by atoms with E-state index in [1.807, 2.05) is 6.07 Å². The number of furan rings is 2. The molecule has 0 unspecified atom stereocenters. The molecular formula is C54H32O2. The Labute approximate surface area is 322 Å². The number of hydrogen-bond donors (Lipinski definition) is 0. The normalized spacial score (nSPS) is 11.9. The monoisotopic (exact) mass is 712 g/mol. The van der Waals surface area contributed by atoms with Gasteiger partial charge in [-0.25, -0.2) is 0 Å². The van der Waals surface area contributed by atoms with Crippen molar-refractivity contribution in [1.29, 1.82) is 0 Å². The van der Waals surface area contributed by atoms with Crippen LogP contribution >= 0.6 is 0 Å². The standard InChI is InChI=1S/C54H32O2/c1-3-16-33(17-4-1)50-45-31-48-46(32-49(45)56-54(50)34-18-5-2-6-19-34)53-43(28-15-29-47(53)55-48)51-39-24-11-13-26-41(39)52(42-27-14-12-25-40(42)51)44-30-35-20-7-8-21-36(35)37-22-9-10-23-38(37)44/h1-32H. The highest BCUT2D eigenvalue weighted by Gasteiger charge is 2.24. The molecule has 0 aliphatic heterocycles. The number of fused-ring (bicyclic) bond motifs is 9. The van der Waals surface area contributed by atoms with Crippen LogP contribution in [0.3, 0.4) is 0 Å². The SMILES string of the molecule is c1ccc(-c2oc3cc4c(cc3c2-c2ccccc2)oc2cccc(-c3c5ccccc5c(-c5cc6ccccc6c6ccccc56)c5ccccc35)c24)cc1. The third kappa shape index (κ3) is 4.50. The van der Waals surface area contributed by atoms with Gasteiger partial charge in [0.15, 0.2) is 0 Å². The molecule has 0 spiro atoms. The molecule has 0 saturated heterocycles. The molecule has 0 bridgehead atoms. The maximum Gasteiger partial charge on any atom is 0.143 e. The van der Waals surface area contributed by atoms with Crippen molar-refractivity contribution in [2.45, 2.75) is 0 Å². The summed E-state index contributed by atoms with van der Waals surface area (Å²) in [5, 5.41) is 13.0. The van der Waals surface area contributed by atoms with Gasteiger partial charge >= 0.3 is 0 Å². The van der Waals surface area contributed by atoms with Crippen molar-refractivity contribution in [2.24, 2.45) is 0 Å². The fourth-order valence-electron chi connectivity index (χ4n) is 9.28. The molecule has 12 aromatic rings. The lowest BCUT2D eigenvalue weighted by Gasteiger charge is -2.20. The van der Waals surface area contributed by atoms with Crippen LogP contribution < -0.4 is 0 Å². The molecule has 0 aliphatic rings. The van der Waals surface area contributed by atoms with Crippen LogP contribution in [0.2, 0.25) is 0 Å². The summed E-state index contributed by atoms with van der Waals surface area (Å²) in [5.74, 6) is 0.859. The van der Waals surface area contributed by atoms with Gasteiger partial charge in [0.05, 0.1) is 0 Å². The average Bonchev–Trinajstić information content (AvgIpc) is 3.83. The molecule has 260 valence electrons. The third-order valence-electron chi connectivity index (χ3n) is 11.6. The Hall–Kier alpha value is -7.42. The zero-order valence-electron chi connectivity index (χ0n) is 30.3. The summed E-state index contributed by atoms with van der Waals surface area (Å²) in [6.07, 6.45) is 0. The van der Waals surface area contributed by atoms with Crippen molar-refractivity contribution in [2.75, 3.05) is 0 Å². The quantitative estimate of drug-likeness (QED) is 0.134. The molecule has 0 atom stereocenters. The molecule has 0 N–H and O–H groups in total. The molecule has 0 radical (unpaired) electrons. The minimum atomic E-state index is 0.834. The van der Waals surface area contributed by atoms with Gasteiger partial charge in [-0.1, -0.05) is 170 Å². The minimum Gasteiger partial charge on any atom is -0.456 e. The van der Waals surface area contributed by atoms with E-state index in [4.69, 9.17) is 8.83 Å². The van der Waals surface area contributed by atoms with Crippen molar-refractivity contribution in [3.05, 3.63) is 194 Å². The van der Waals surface area contributed by atoms with E-state index in [9.17, 15) is 0 Å². The molecule has 2 heteroatoms. The Morgan fingerprint density at radius 3 is 1.46 bits per heavy atom. The Balaban J connectivity index is 1.17. The topological polar surface area (TPSA) is 26.3 Å². The predicted molar refractivity (Wildman–Crippen MR) is 235 cm³/mol. The zero-order valence-corrected chi connectivity index (χ0v) is 30.3. The third-order valence-corrected chi connectivity index (χ3v) is 11.6. The molecule has 10 aromatic carbocycles. The van der Waals surface area contributed by atoms with Crippen LogP contribution in [0, 0.1) is 0 Å². The van der Waals surface area contributed by atoms with Crippen molar-refractivity contribution in [3.63, 3.8) is 0 Å². The molecular weight excluding hydrogens is 681 g/mol. The van der Waals surface area contributed by atoms with Gasteiger partial charge in [-0.05, 0) is 95.2 Å². The molecule has 2 heterocycles. The Morgan fingerprint density at radius 2 is 0.786 bits per heavy atom. The first-order chi connectivity index (χ1) is 27.8. The van der Waals surface area contributed by atoms with Crippen LogP contribution in [-0.2, 0) is 0 Å². The lowest BCUT2D eigenvalue weighted by atomic mass is 9.83. The van der Waals surface area contributed by atoms with Crippen molar-refractivity contribution in [3.8, 4) is 44.7 Å². The van der Waals surface area contributed by atoms with Gasteiger partial charge in [-0.3, -0.25) is 0 Å². The molecule has 2 aromatic heterocycles. The van der Waals surface area contributed by atoms with Crippen LogP contribution in [0.4, 0.5) is 0 Å². The van der Waals surface area contributed by atoms with Crippen LogP contribution in [-0.4, -0.2) is 0 Å². The van der Waals surface area contributed by atoms with E-state index in [1.165, 1.54) is 59.8 Å². The van der Waals surface area contributed by atoms with Gasteiger partial charge < -0.3 is 8.83 Å². The summed E-state index contributed by atoms with van der Waals surface area (Å²) in [5.41, 5.74) is 10.6. The summed E-state index contributed by atoms with van der Waals surface area (Å²) in [4.78, 5) is 0. The molecule has 2 nitrogen and oxygen atoms in total. The second-order valence-corrected chi connectivity index (χ2v) is 14.7.